The number of fused-ring (bicyclic) bond motifs is 1. The largest absolute Gasteiger partial charge is 0.461 e. The second-order valence-electron chi connectivity index (χ2n) is 6.21. The first kappa shape index (κ1) is 17.4. The Bertz CT molecular complexity index is 916. The van der Waals surface area contributed by atoms with Gasteiger partial charge in [-0.2, -0.15) is 4.52 Å². The lowest BCUT2D eigenvalue weighted by atomic mass is 10.4. The van der Waals surface area contributed by atoms with Crippen LogP contribution in [0.15, 0.2) is 28.9 Å². The number of hydrogen-bond acceptors (Lipinski definition) is 7. The molecule has 27 heavy (non-hydrogen) atoms. The maximum Gasteiger partial charge on any atom is 0.320 e. The zero-order chi connectivity index (χ0) is 18.6. The molecule has 10 heteroatoms. The topological polar surface area (TPSA) is 110 Å². The molecule has 1 aliphatic rings. The van der Waals surface area contributed by atoms with Crippen molar-refractivity contribution >= 4 is 17.5 Å². The number of ether oxygens (including phenoxy) is 1. The smallest absolute Gasteiger partial charge is 0.320 e. The number of aryl methyl sites for hydroxylation is 1. The Hall–Kier alpha value is -2.98. The second kappa shape index (κ2) is 7.72. The van der Waals surface area contributed by atoms with E-state index in [1.165, 1.54) is 0 Å². The molecular formula is C17H21N7O3. The molecule has 10 nitrogen and oxygen atoms in total. The minimum absolute atomic E-state index is 0.318. The van der Waals surface area contributed by atoms with E-state index in [0.29, 0.717) is 35.4 Å². The lowest BCUT2D eigenvalue weighted by Crippen LogP contribution is -2.42. The summed E-state index contributed by atoms with van der Waals surface area (Å²) < 4.78 is 12.3. The summed E-state index contributed by atoms with van der Waals surface area (Å²) in [6.45, 7) is 6.38. The number of aromatic nitrogens is 4. The summed E-state index contributed by atoms with van der Waals surface area (Å²) in [7, 11) is 0. The third kappa shape index (κ3) is 4.07. The van der Waals surface area contributed by atoms with Crippen molar-refractivity contribution < 1.29 is 13.9 Å². The van der Waals surface area contributed by atoms with Gasteiger partial charge in [-0.1, -0.05) is 0 Å². The number of rotatable bonds is 5. The first-order valence-electron chi connectivity index (χ1n) is 8.82. The molecule has 0 aromatic carbocycles. The molecule has 4 heterocycles. The summed E-state index contributed by atoms with van der Waals surface area (Å²) >= 11 is 0. The van der Waals surface area contributed by atoms with E-state index in [1.807, 2.05) is 0 Å². The highest BCUT2D eigenvalue weighted by molar-refractivity contribution is 5.89. The number of nitrogens with one attached hydrogen (secondary N) is 2. The molecule has 3 aromatic rings. The third-order valence-electron chi connectivity index (χ3n) is 4.23. The molecule has 0 saturated carbocycles. The van der Waals surface area contributed by atoms with Crippen LogP contribution >= 0.6 is 0 Å². The number of furan rings is 1. The van der Waals surface area contributed by atoms with Crippen molar-refractivity contribution in [2.75, 3.05) is 44.7 Å². The monoisotopic (exact) mass is 371 g/mol. The van der Waals surface area contributed by atoms with E-state index in [-0.39, 0.29) is 6.03 Å². The van der Waals surface area contributed by atoms with Gasteiger partial charge in [-0.25, -0.2) is 14.8 Å². The zero-order valence-electron chi connectivity index (χ0n) is 15.0. The van der Waals surface area contributed by atoms with E-state index >= 15 is 0 Å². The van der Waals surface area contributed by atoms with Crippen molar-refractivity contribution in [3.63, 3.8) is 0 Å². The van der Waals surface area contributed by atoms with Crippen LogP contribution in [0.25, 0.3) is 17.2 Å². The molecule has 0 atom stereocenters. The van der Waals surface area contributed by atoms with Crippen molar-refractivity contribution in [2.24, 2.45) is 0 Å². The first-order valence-corrected chi connectivity index (χ1v) is 8.82. The molecule has 0 radical (unpaired) electrons. The number of anilines is 1. The van der Waals surface area contributed by atoms with Crippen molar-refractivity contribution in [2.45, 2.75) is 6.92 Å². The number of carbonyl (C=O) groups excluding carboxylic acids is 1. The normalized spacial score (nSPS) is 15.1. The number of nitrogens with zero attached hydrogens (tertiary/aromatic N) is 5. The van der Waals surface area contributed by atoms with Gasteiger partial charge in [0.1, 0.15) is 11.6 Å². The molecule has 1 fully saturated rings. The predicted molar refractivity (Wildman–Crippen MR) is 97.5 cm³/mol. The van der Waals surface area contributed by atoms with Crippen LogP contribution in [-0.2, 0) is 4.74 Å². The van der Waals surface area contributed by atoms with Crippen molar-refractivity contribution in [3.05, 3.63) is 30.3 Å². The van der Waals surface area contributed by atoms with E-state index in [4.69, 9.17) is 9.15 Å². The molecule has 142 valence electrons. The Morgan fingerprint density at radius 2 is 2.15 bits per heavy atom. The van der Waals surface area contributed by atoms with Crippen LogP contribution in [0.5, 0.6) is 0 Å². The Morgan fingerprint density at radius 1 is 1.30 bits per heavy atom. The highest BCUT2D eigenvalue weighted by atomic mass is 16.5. The SMILES string of the molecule is Cc1nc2cc(NC(=O)NCCN3CCOCC3)nc(-c3ccco3)n2n1. The molecule has 2 N–H and O–H groups in total. The van der Waals surface area contributed by atoms with Crippen LogP contribution in [0, 0.1) is 6.92 Å². The molecule has 0 aliphatic carbocycles. The van der Waals surface area contributed by atoms with Gasteiger partial charge in [0.15, 0.2) is 11.4 Å². The molecule has 2 amide bonds. The summed E-state index contributed by atoms with van der Waals surface area (Å²) in [6.07, 6.45) is 1.56. The van der Waals surface area contributed by atoms with E-state index in [0.717, 1.165) is 32.8 Å². The summed E-state index contributed by atoms with van der Waals surface area (Å²) in [5.41, 5.74) is 0.581. The Balaban J connectivity index is 1.44. The maximum atomic E-state index is 12.2. The van der Waals surface area contributed by atoms with Gasteiger partial charge in [-0.15, -0.1) is 5.10 Å². The van der Waals surface area contributed by atoms with Crippen LogP contribution < -0.4 is 10.6 Å². The van der Waals surface area contributed by atoms with Gasteiger partial charge in [0, 0.05) is 32.2 Å². The average molecular weight is 371 g/mol. The number of urea groups is 1. The second-order valence-corrected chi connectivity index (χ2v) is 6.21. The zero-order valence-corrected chi connectivity index (χ0v) is 15.0. The van der Waals surface area contributed by atoms with Crippen molar-refractivity contribution in [1.29, 1.82) is 0 Å². The Kier molecular flexibility index (Phi) is 4.99. The van der Waals surface area contributed by atoms with Gasteiger partial charge >= 0.3 is 6.03 Å². The number of carbonyl (C=O) groups is 1. The lowest BCUT2D eigenvalue weighted by Gasteiger charge is -2.26. The van der Waals surface area contributed by atoms with Crippen molar-refractivity contribution in [1.82, 2.24) is 29.8 Å². The fourth-order valence-electron chi connectivity index (χ4n) is 2.94. The molecule has 1 aliphatic heterocycles. The molecule has 4 rings (SSSR count). The van der Waals surface area contributed by atoms with E-state index < -0.39 is 0 Å². The fraction of sp³-hybridized carbons (Fsp3) is 0.412. The van der Waals surface area contributed by atoms with Gasteiger partial charge < -0.3 is 14.5 Å². The van der Waals surface area contributed by atoms with E-state index in [2.05, 4.69) is 30.6 Å². The fourth-order valence-corrected chi connectivity index (χ4v) is 2.94. The van der Waals surface area contributed by atoms with Gasteiger partial charge in [0.25, 0.3) is 0 Å². The van der Waals surface area contributed by atoms with Crippen LogP contribution in [0.2, 0.25) is 0 Å². The number of morpholine rings is 1. The highest BCUT2D eigenvalue weighted by Crippen LogP contribution is 2.21. The van der Waals surface area contributed by atoms with Gasteiger partial charge in [0.05, 0.1) is 19.5 Å². The Labute approximate surface area is 155 Å². The van der Waals surface area contributed by atoms with Gasteiger partial charge in [-0.05, 0) is 19.1 Å². The lowest BCUT2D eigenvalue weighted by molar-refractivity contribution is 0.0388. The summed E-state index contributed by atoms with van der Waals surface area (Å²) in [5, 5.41) is 9.93. The molecule has 0 unspecified atom stereocenters. The molecule has 0 spiro atoms. The molecule has 0 bridgehead atoms. The highest BCUT2D eigenvalue weighted by Gasteiger charge is 2.15. The van der Waals surface area contributed by atoms with Gasteiger partial charge in [-0.3, -0.25) is 10.2 Å². The minimum atomic E-state index is -0.318. The van der Waals surface area contributed by atoms with Crippen LogP contribution in [0.3, 0.4) is 0 Å². The first-order chi connectivity index (χ1) is 13.2. The average Bonchev–Trinajstić information content (AvgIpc) is 3.31. The third-order valence-corrected chi connectivity index (χ3v) is 4.23. The van der Waals surface area contributed by atoms with E-state index in [9.17, 15) is 4.79 Å². The number of hydrogen-bond donors (Lipinski definition) is 2. The quantitative estimate of drug-likeness (QED) is 0.692. The van der Waals surface area contributed by atoms with E-state index in [1.54, 1.807) is 35.9 Å². The number of amides is 2. The Morgan fingerprint density at radius 3 is 2.93 bits per heavy atom. The molecule has 3 aromatic heterocycles. The predicted octanol–water partition coefficient (Wildman–Crippen LogP) is 1.15. The standard InChI is InChI=1S/C17H21N7O3/c1-12-19-15-11-14(20-16(24(15)22-12)13-3-2-8-27-13)21-17(25)18-4-5-23-6-9-26-10-7-23/h2-3,8,11H,4-7,9-10H2,1H3,(H2,18,21,25). The summed E-state index contributed by atoms with van der Waals surface area (Å²) in [4.78, 5) is 23.3. The van der Waals surface area contributed by atoms with Gasteiger partial charge in [0.2, 0.25) is 5.82 Å². The summed E-state index contributed by atoms with van der Waals surface area (Å²) in [6, 6.07) is 4.91. The molecular weight excluding hydrogens is 350 g/mol. The van der Waals surface area contributed by atoms with Crippen molar-refractivity contribution in [3.8, 4) is 11.6 Å². The maximum absolute atomic E-state index is 12.2. The van der Waals surface area contributed by atoms with Crippen LogP contribution in [0.1, 0.15) is 5.82 Å². The summed E-state index contributed by atoms with van der Waals surface area (Å²) in [5.74, 6) is 2.00. The van der Waals surface area contributed by atoms with Crippen LogP contribution in [0.4, 0.5) is 10.6 Å². The van der Waals surface area contributed by atoms with Crippen LogP contribution in [-0.4, -0.2) is 69.9 Å². The molecule has 1 saturated heterocycles. The minimum Gasteiger partial charge on any atom is -0.461 e.